The van der Waals surface area contributed by atoms with Gasteiger partial charge in [0.1, 0.15) is 5.00 Å². The number of nitrogens with zero attached hydrogens (tertiary/aromatic N) is 2. The van der Waals surface area contributed by atoms with Gasteiger partial charge in [0.25, 0.3) is 5.91 Å². The molecule has 8 heteroatoms. The molecule has 1 atom stereocenters. The molecule has 1 aromatic carbocycles. The van der Waals surface area contributed by atoms with Crippen molar-refractivity contribution >= 4 is 22.2 Å². The van der Waals surface area contributed by atoms with Crippen molar-refractivity contribution in [2.45, 2.75) is 31.7 Å². The van der Waals surface area contributed by atoms with Crippen LogP contribution in [0.2, 0.25) is 0 Å². The molecule has 3 aromatic rings. The standard InChI is InChI=1S/C27H33N3O4S/c1-29-12-14-30(15-13-29)25(18-10-11-20(32-2)22(17-18)33-3)24-19-7-4-5-9-23(19)35-27(24)28-26(31)21-8-6-16-34-21/h6,8,10-11,16-17,25H,4-5,7,9,12-15H2,1-3H3,(H,28,31). The van der Waals surface area contributed by atoms with Gasteiger partial charge in [-0.2, -0.15) is 0 Å². The lowest BCUT2D eigenvalue weighted by Crippen LogP contribution is -2.46. The number of aryl methyl sites for hydroxylation is 1. The first kappa shape index (κ1) is 23.9. The lowest BCUT2D eigenvalue weighted by Gasteiger charge is -2.39. The highest BCUT2D eigenvalue weighted by atomic mass is 32.1. The molecule has 1 aliphatic heterocycles. The third-order valence-electron chi connectivity index (χ3n) is 7.08. The zero-order valence-corrected chi connectivity index (χ0v) is 21.5. The van der Waals surface area contributed by atoms with E-state index in [1.54, 1.807) is 37.7 Å². The van der Waals surface area contributed by atoms with E-state index in [1.807, 2.05) is 6.07 Å². The summed E-state index contributed by atoms with van der Waals surface area (Å²) < 4.78 is 16.6. The van der Waals surface area contributed by atoms with Gasteiger partial charge in [-0.15, -0.1) is 11.3 Å². The molecule has 3 heterocycles. The number of ether oxygens (including phenoxy) is 2. The van der Waals surface area contributed by atoms with Gasteiger partial charge >= 0.3 is 0 Å². The largest absolute Gasteiger partial charge is 0.493 e. The Morgan fingerprint density at radius 3 is 2.54 bits per heavy atom. The molecule has 1 aliphatic carbocycles. The summed E-state index contributed by atoms with van der Waals surface area (Å²) in [5.74, 6) is 1.55. The normalized spacial score (nSPS) is 17.6. The molecule has 1 N–H and O–H groups in total. The van der Waals surface area contributed by atoms with Gasteiger partial charge in [-0.3, -0.25) is 9.69 Å². The minimum absolute atomic E-state index is 0.00788. The van der Waals surface area contributed by atoms with Crippen molar-refractivity contribution in [1.82, 2.24) is 9.80 Å². The molecule has 0 bridgehead atoms. The van der Waals surface area contributed by atoms with Crippen molar-refractivity contribution in [3.8, 4) is 11.5 Å². The van der Waals surface area contributed by atoms with Crippen LogP contribution < -0.4 is 14.8 Å². The number of methoxy groups -OCH3 is 2. The highest BCUT2D eigenvalue weighted by Gasteiger charge is 2.34. The number of nitrogens with one attached hydrogen (secondary N) is 1. The van der Waals surface area contributed by atoms with Crippen molar-refractivity contribution in [1.29, 1.82) is 0 Å². The summed E-state index contributed by atoms with van der Waals surface area (Å²) in [4.78, 5) is 19.3. The molecule has 5 rings (SSSR count). The van der Waals surface area contributed by atoms with E-state index in [4.69, 9.17) is 13.9 Å². The first-order chi connectivity index (χ1) is 17.1. The lowest BCUT2D eigenvalue weighted by molar-refractivity contribution is 0.0996. The molecule has 1 saturated heterocycles. The van der Waals surface area contributed by atoms with E-state index in [9.17, 15) is 4.79 Å². The number of hydrogen-bond donors (Lipinski definition) is 1. The minimum atomic E-state index is -0.209. The van der Waals surface area contributed by atoms with Crippen LogP contribution in [0.5, 0.6) is 11.5 Å². The molecule has 1 amide bonds. The molecule has 35 heavy (non-hydrogen) atoms. The van der Waals surface area contributed by atoms with Crippen LogP contribution in [0.3, 0.4) is 0 Å². The summed E-state index contributed by atoms with van der Waals surface area (Å²) in [5, 5.41) is 4.14. The molecular weight excluding hydrogens is 462 g/mol. The predicted octanol–water partition coefficient (Wildman–Crippen LogP) is 4.83. The number of amides is 1. The van der Waals surface area contributed by atoms with Crippen LogP contribution in [-0.4, -0.2) is 63.2 Å². The van der Waals surface area contributed by atoms with Crippen LogP contribution >= 0.6 is 11.3 Å². The van der Waals surface area contributed by atoms with Gasteiger partial charge in [0.15, 0.2) is 17.3 Å². The van der Waals surface area contributed by atoms with E-state index >= 15 is 0 Å². The van der Waals surface area contributed by atoms with Gasteiger partial charge in [0.2, 0.25) is 0 Å². The van der Waals surface area contributed by atoms with Gasteiger partial charge in [-0.25, -0.2) is 0 Å². The van der Waals surface area contributed by atoms with Crippen LogP contribution in [0.25, 0.3) is 0 Å². The van der Waals surface area contributed by atoms with Gasteiger partial charge < -0.3 is 24.1 Å². The second kappa shape index (κ2) is 10.4. The van der Waals surface area contributed by atoms with Crippen LogP contribution in [-0.2, 0) is 12.8 Å². The number of furan rings is 1. The van der Waals surface area contributed by atoms with Crippen LogP contribution in [0.15, 0.2) is 41.0 Å². The molecule has 0 spiro atoms. The molecular formula is C27H33N3O4S. The monoisotopic (exact) mass is 495 g/mol. The van der Waals surface area contributed by atoms with Crippen LogP contribution in [0, 0.1) is 0 Å². The van der Waals surface area contributed by atoms with Gasteiger partial charge in [-0.1, -0.05) is 6.07 Å². The summed E-state index contributed by atoms with van der Waals surface area (Å²) in [5.41, 5.74) is 3.77. The Balaban J connectivity index is 1.62. The Morgan fingerprint density at radius 1 is 1.06 bits per heavy atom. The number of fused-ring (bicyclic) bond motifs is 1. The summed E-state index contributed by atoms with van der Waals surface area (Å²) in [6.07, 6.45) is 5.99. The number of carbonyl (C=O) groups is 1. The topological polar surface area (TPSA) is 67.2 Å². The van der Waals surface area contributed by atoms with Gasteiger partial charge in [0.05, 0.1) is 26.5 Å². The number of carbonyl (C=O) groups excluding carboxylic acids is 1. The summed E-state index contributed by atoms with van der Waals surface area (Å²) >= 11 is 1.73. The van der Waals surface area contributed by atoms with Gasteiger partial charge in [0, 0.05) is 36.6 Å². The maximum atomic E-state index is 13.0. The molecule has 0 saturated carbocycles. The Kier molecular flexibility index (Phi) is 7.13. The van der Waals surface area contributed by atoms with Crippen molar-refractivity contribution in [2.75, 3.05) is 52.8 Å². The van der Waals surface area contributed by atoms with Crippen molar-refractivity contribution < 1.29 is 18.7 Å². The number of anilines is 1. The molecule has 0 radical (unpaired) electrons. The number of piperazine rings is 1. The summed E-state index contributed by atoms with van der Waals surface area (Å²) in [6.45, 7) is 3.91. The van der Waals surface area contributed by atoms with Crippen molar-refractivity contribution in [3.05, 3.63) is 63.9 Å². The highest BCUT2D eigenvalue weighted by molar-refractivity contribution is 7.16. The molecule has 1 fully saturated rings. The first-order valence-electron chi connectivity index (χ1n) is 12.2. The van der Waals surface area contributed by atoms with Gasteiger partial charge in [-0.05, 0) is 68.1 Å². The molecule has 2 aromatic heterocycles. The highest BCUT2D eigenvalue weighted by Crippen LogP contribution is 2.46. The Labute approximate surface area is 210 Å². The van der Waals surface area contributed by atoms with E-state index in [-0.39, 0.29) is 11.9 Å². The average molecular weight is 496 g/mol. The van der Waals surface area contributed by atoms with Crippen LogP contribution in [0.1, 0.15) is 51.0 Å². The van der Waals surface area contributed by atoms with E-state index in [2.05, 4.69) is 34.3 Å². The first-order valence-corrected chi connectivity index (χ1v) is 13.0. The average Bonchev–Trinajstić information content (AvgIpc) is 3.54. The number of benzene rings is 1. The summed E-state index contributed by atoms with van der Waals surface area (Å²) in [7, 11) is 5.51. The second-order valence-corrected chi connectivity index (χ2v) is 10.3. The zero-order valence-electron chi connectivity index (χ0n) is 20.6. The smallest absolute Gasteiger partial charge is 0.291 e. The minimum Gasteiger partial charge on any atom is -0.493 e. The fourth-order valence-corrected chi connectivity index (χ4v) is 6.52. The van der Waals surface area contributed by atoms with E-state index in [0.717, 1.165) is 55.3 Å². The van der Waals surface area contributed by atoms with E-state index in [0.29, 0.717) is 11.5 Å². The molecule has 2 aliphatic rings. The maximum absolute atomic E-state index is 13.0. The van der Waals surface area contributed by atoms with E-state index in [1.165, 1.54) is 35.1 Å². The zero-order chi connectivity index (χ0) is 24.4. The Hall–Kier alpha value is -2.81. The van der Waals surface area contributed by atoms with E-state index < -0.39 is 0 Å². The number of thiophene rings is 1. The lowest BCUT2D eigenvalue weighted by atomic mass is 9.88. The fraction of sp³-hybridized carbons (Fsp3) is 0.444. The number of likely N-dealkylation sites (N-methyl/N-ethyl adjacent to an activating group) is 1. The molecule has 7 nitrogen and oxygen atoms in total. The maximum Gasteiger partial charge on any atom is 0.291 e. The summed E-state index contributed by atoms with van der Waals surface area (Å²) in [6, 6.07) is 9.66. The molecule has 1 unspecified atom stereocenters. The molecule has 186 valence electrons. The van der Waals surface area contributed by atoms with Crippen LogP contribution in [0.4, 0.5) is 5.00 Å². The Morgan fingerprint density at radius 2 is 1.83 bits per heavy atom. The third kappa shape index (κ3) is 4.83. The Bertz CT molecular complexity index is 1170. The van der Waals surface area contributed by atoms with Crippen molar-refractivity contribution in [3.63, 3.8) is 0 Å². The fourth-order valence-electron chi connectivity index (χ4n) is 5.21. The van der Waals surface area contributed by atoms with Crippen molar-refractivity contribution in [2.24, 2.45) is 0 Å². The second-order valence-electron chi connectivity index (χ2n) is 9.24. The quantitative estimate of drug-likeness (QED) is 0.507. The number of hydrogen-bond acceptors (Lipinski definition) is 7. The SMILES string of the molecule is COc1ccc(C(c2c(NC(=O)c3ccco3)sc3c2CCCC3)N2CCN(C)CC2)cc1OC. The third-order valence-corrected chi connectivity index (χ3v) is 8.31. The number of rotatable bonds is 7. The predicted molar refractivity (Wildman–Crippen MR) is 138 cm³/mol.